The van der Waals surface area contributed by atoms with E-state index in [1.54, 1.807) is 0 Å². The Morgan fingerprint density at radius 2 is 0.745 bits per heavy atom. The van der Waals surface area contributed by atoms with E-state index in [1.807, 2.05) is 0 Å². The Balaban J connectivity index is 1.15. The van der Waals surface area contributed by atoms with Crippen LogP contribution in [0, 0.1) is 0 Å². The minimum Gasteiger partial charge on any atom is -0.310 e. The molecule has 1 heteroatoms. The van der Waals surface area contributed by atoms with Crippen LogP contribution in [0.1, 0.15) is 0 Å². The smallest absolute Gasteiger partial charge is 0.0467 e. The average molecular weight is 650 g/mol. The van der Waals surface area contributed by atoms with Crippen molar-refractivity contribution in [1.29, 1.82) is 0 Å². The first kappa shape index (κ1) is 30.4. The van der Waals surface area contributed by atoms with Crippen molar-refractivity contribution in [1.82, 2.24) is 0 Å². The van der Waals surface area contributed by atoms with Crippen LogP contribution in [-0.2, 0) is 0 Å². The molecule has 1 nitrogen and oxygen atoms in total. The number of rotatable bonds is 7. The monoisotopic (exact) mass is 649 g/mol. The molecule has 0 radical (unpaired) electrons. The zero-order valence-corrected chi connectivity index (χ0v) is 28.2. The minimum absolute atomic E-state index is 1.10. The first-order valence-corrected chi connectivity index (χ1v) is 17.5. The van der Waals surface area contributed by atoms with Crippen LogP contribution in [0.5, 0.6) is 0 Å². The van der Waals surface area contributed by atoms with Crippen molar-refractivity contribution < 1.29 is 0 Å². The lowest BCUT2D eigenvalue weighted by molar-refractivity contribution is 1.28. The van der Waals surface area contributed by atoms with E-state index in [0.29, 0.717) is 0 Å². The van der Waals surface area contributed by atoms with Gasteiger partial charge in [-0.2, -0.15) is 0 Å². The number of fused-ring (bicyclic) bond motifs is 2. The van der Waals surface area contributed by atoms with Gasteiger partial charge in [-0.15, -0.1) is 0 Å². The summed E-state index contributed by atoms with van der Waals surface area (Å²) < 4.78 is 0. The molecular weight excluding hydrogens is 615 g/mol. The van der Waals surface area contributed by atoms with Crippen LogP contribution in [-0.4, -0.2) is 0 Å². The van der Waals surface area contributed by atoms with Gasteiger partial charge in [0.05, 0.1) is 0 Å². The summed E-state index contributed by atoms with van der Waals surface area (Å²) in [5, 5.41) is 5.00. The molecule has 0 saturated heterocycles. The Labute approximate surface area is 299 Å². The summed E-state index contributed by atoms with van der Waals surface area (Å²) in [5.41, 5.74) is 13.0. The predicted molar refractivity (Wildman–Crippen MR) is 218 cm³/mol. The fourth-order valence-electron chi connectivity index (χ4n) is 7.33. The second-order valence-electron chi connectivity index (χ2n) is 13.0. The van der Waals surface area contributed by atoms with Crippen LogP contribution < -0.4 is 4.90 Å². The van der Waals surface area contributed by atoms with E-state index in [9.17, 15) is 0 Å². The topological polar surface area (TPSA) is 3.24 Å². The van der Waals surface area contributed by atoms with Gasteiger partial charge in [-0.1, -0.05) is 170 Å². The van der Waals surface area contributed by atoms with Crippen molar-refractivity contribution >= 4 is 38.6 Å². The average Bonchev–Trinajstić information content (AvgIpc) is 3.21. The molecule has 0 fully saturated rings. The number of hydrogen-bond acceptors (Lipinski definition) is 1. The van der Waals surface area contributed by atoms with Gasteiger partial charge < -0.3 is 4.90 Å². The number of hydrogen-bond donors (Lipinski definition) is 0. The third kappa shape index (κ3) is 5.96. The number of anilines is 3. The fourth-order valence-corrected chi connectivity index (χ4v) is 7.33. The molecule has 0 atom stereocenters. The molecule has 0 amide bonds. The van der Waals surface area contributed by atoms with Crippen molar-refractivity contribution in [2.45, 2.75) is 0 Å². The van der Waals surface area contributed by atoms with Gasteiger partial charge in [-0.05, 0) is 109 Å². The van der Waals surface area contributed by atoms with Gasteiger partial charge in [-0.3, -0.25) is 0 Å². The molecule has 0 spiro atoms. The van der Waals surface area contributed by atoms with Gasteiger partial charge >= 0.3 is 0 Å². The summed E-state index contributed by atoms with van der Waals surface area (Å²) in [6, 6.07) is 76.7. The summed E-state index contributed by atoms with van der Waals surface area (Å²) in [6.07, 6.45) is 0. The quantitative estimate of drug-likeness (QED) is 0.166. The molecule has 0 unspecified atom stereocenters. The maximum atomic E-state index is 2.38. The molecule has 9 aromatic rings. The van der Waals surface area contributed by atoms with Crippen molar-refractivity contribution in [3.05, 3.63) is 212 Å². The molecule has 0 heterocycles. The van der Waals surface area contributed by atoms with Crippen molar-refractivity contribution in [3.63, 3.8) is 0 Å². The van der Waals surface area contributed by atoms with Crippen LogP contribution in [0.25, 0.3) is 66.1 Å². The van der Waals surface area contributed by atoms with Gasteiger partial charge in [-0.25, -0.2) is 0 Å². The molecule has 240 valence electrons. The van der Waals surface area contributed by atoms with E-state index in [2.05, 4.69) is 217 Å². The first-order chi connectivity index (χ1) is 25.3. The second kappa shape index (κ2) is 13.3. The van der Waals surface area contributed by atoms with Gasteiger partial charge in [0.25, 0.3) is 0 Å². The minimum atomic E-state index is 1.10. The molecule has 9 rings (SSSR count). The lowest BCUT2D eigenvalue weighted by Gasteiger charge is -2.27. The normalized spacial score (nSPS) is 11.1. The molecule has 0 aliphatic heterocycles. The van der Waals surface area contributed by atoms with Crippen LogP contribution >= 0.6 is 0 Å². The fraction of sp³-hybridized carbons (Fsp3) is 0. The van der Waals surface area contributed by atoms with Crippen LogP contribution in [0.2, 0.25) is 0 Å². The van der Waals surface area contributed by atoms with E-state index < -0.39 is 0 Å². The Hall–Kier alpha value is -6.70. The van der Waals surface area contributed by atoms with E-state index in [-0.39, 0.29) is 0 Å². The molecule has 0 aliphatic carbocycles. The van der Waals surface area contributed by atoms with E-state index >= 15 is 0 Å². The SMILES string of the molecule is c1ccc(-c2cccc(N(c3ccc(-c4ccccc4-c4ccc5ccccc5c4)cc3)c3cccc(-c4cccc5ccccc45)c3)c2)cc1. The van der Waals surface area contributed by atoms with Crippen LogP contribution in [0.4, 0.5) is 17.1 Å². The largest absolute Gasteiger partial charge is 0.310 e. The van der Waals surface area contributed by atoms with Crippen LogP contribution in [0.3, 0.4) is 0 Å². The summed E-state index contributed by atoms with van der Waals surface area (Å²) >= 11 is 0. The maximum absolute atomic E-state index is 2.38. The standard InChI is InChI=1S/C50H35N/c1-2-13-36(14-3-1)41-19-10-21-45(34-41)51(46-22-11-20-42(35-46)50-26-12-18-38-16-6-7-23-47(38)50)44-31-29-39(30-32-44)48-24-8-9-25-49(48)43-28-27-37-15-4-5-17-40(37)33-43/h1-35H. The van der Waals surface area contributed by atoms with Crippen molar-refractivity contribution in [2.75, 3.05) is 4.90 Å². The Morgan fingerprint density at radius 3 is 1.53 bits per heavy atom. The first-order valence-electron chi connectivity index (χ1n) is 17.5. The Morgan fingerprint density at radius 1 is 0.235 bits per heavy atom. The molecule has 0 aromatic heterocycles. The second-order valence-corrected chi connectivity index (χ2v) is 13.0. The molecule has 0 bridgehead atoms. The summed E-state index contributed by atoms with van der Waals surface area (Å²) in [4.78, 5) is 2.38. The Kier molecular flexibility index (Phi) is 7.92. The number of benzene rings is 9. The third-order valence-corrected chi connectivity index (χ3v) is 9.84. The maximum Gasteiger partial charge on any atom is 0.0467 e. The molecular formula is C50H35N. The highest BCUT2D eigenvalue weighted by molar-refractivity contribution is 5.98. The van der Waals surface area contributed by atoms with E-state index in [0.717, 1.165) is 17.1 Å². The summed E-state index contributed by atoms with van der Waals surface area (Å²) in [5.74, 6) is 0. The van der Waals surface area contributed by atoms with Gasteiger partial charge in [0.15, 0.2) is 0 Å². The highest BCUT2D eigenvalue weighted by Gasteiger charge is 2.16. The van der Waals surface area contributed by atoms with Crippen molar-refractivity contribution in [2.24, 2.45) is 0 Å². The third-order valence-electron chi connectivity index (χ3n) is 9.84. The highest BCUT2D eigenvalue weighted by Crippen LogP contribution is 2.41. The summed E-state index contributed by atoms with van der Waals surface area (Å²) in [7, 11) is 0. The molecule has 0 N–H and O–H groups in total. The molecule has 0 saturated carbocycles. The van der Waals surface area contributed by atoms with Crippen LogP contribution in [0.15, 0.2) is 212 Å². The molecule has 0 aliphatic rings. The van der Waals surface area contributed by atoms with Gasteiger partial charge in [0.2, 0.25) is 0 Å². The molecule has 9 aromatic carbocycles. The lowest BCUT2D eigenvalue weighted by atomic mass is 9.93. The lowest BCUT2D eigenvalue weighted by Crippen LogP contribution is -2.10. The van der Waals surface area contributed by atoms with E-state index in [1.165, 1.54) is 66.1 Å². The number of nitrogens with zero attached hydrogens (tertiary/aromatic N) is 1. The van der Waals surface area contributed by atoms with Crippen molar-refractivity contribution in [3.8, 4) is 44.5 Å². The Bertz CT molecular complexity index is 2630. The van der Waals surface area contributed by atoms with E-state index in [4.69, 9.17) is 0 Å². The molecule has 51 heavy (non-hydrogen) atoms. The highest BCUT2D eigenvalue weighted by atomic mass is 15.1. The predicted octanol–water partition coefficient (Wildman–Crippen LogP) is 14.1. The van der Waals surface area contributed by atoms with Gasteiger partial charge in [0.1, 0.15) is 0 Å². The zero-order chi connectivity index (χ0) is 34.0. The van der Waals surface area contributed by atoms with Gasteiger partial charge in [0, 0.05) is 17.1 Å². The zero-order valence-electron chi connectivity index (χ0n) is 28.2. The summed E-state index contributed by atoms with van der Waals surface area (Å²) in [6.45, 7) is 0.